The molecule has 3 amide bonds. The first kappa shape index (κ1) is 23.6. The molecule has 0 saturated carbocycles. The maximum Gasteiger partial charge on any atom is 0.240 e. The van der Waals surface area contributed by atoms with Crippen LogP contribution in [0, 0.1) is 11.8 Å². The molecular formula is C19H33N7O4. The summed E-state index contributed by atoms with van der Waals surface area (Å²) >= 11 is 0. The number of guanidine groups is 1. The van der Waals surface area contributed by atoms with Gasteiger partial charge in [-0.1, -0.05) is 19.8 Å². The second-order valence-corrected chi connectivity index (χ2v) is 7.93. The molecule has 11 heteroatoms. The molecule has 0 aromatic carbocycles. The Hall–Kier alpha value is -2.69. The lowest BCUT2D eigenvalue weighted by Gasteiger charge is -2.37. The van der Waals surface area contributed by atoms with Gasteiger partial charge in [-0.3, -0.25) is 24.2 Å². The molecule has 2 saturated heterocycles. The molecule has 2 fully saturated rings. The Kier molecular flexibility index (Phi) is 8.58. The largest absolute Gasteiger partial charge is 0.370 e. The SMILES string of the molecule is CCCC[C@H]1NC[C@H](C(=O)C2C[C@H](C(N)=O)NC(=O)[C@@H]2CCCN=C(N)N)NC1=O. The molecule has 5 atom stereocenters. The van der Waals surface area contributed by atoms with Gasteiger partial charge in [0.25, 0.3) is 0 Å². The number of piperazine rings is 1. The van der Waals surface area contributed by atoms with E-state index in [1.807, 2.05) is 6.92 Å². The van der Waals surface area contributed by atoms with E-state index in [9.17, 15) is 19.2 Å². The second-order valence-electron chi connectivity index (χ2n) is 7.93. The number of hydrogen-bond donors (Lipinski definition) is 6. The molecule has 9 N–H and O–H groups in total. The summed E-state index contributed by atoms with van der Waals surface area (Å²) in [5.41, 5.74) is 16.0. The van der Waals surface area contributed by atoms with Crippen LogP contribution in [0.2, 0.25) is 0 Å². The van der Waals surface area contributed by atoms with Crippen LogP contribution in [0.3, 0.4) is 0 Å². The van der Waals surface area contributed by atoms with E-state index in [1.54, 1.807) is 0 Å². The van der Waals surface area contributed by atoms with Crippen molar-refractivity contribution in [3.05, 3.63) is 0 Å². The minimum Gasteiger partial charge on any atom is -0.370 e. The summed E-state index contributed by atoms with van der Waals surface area (Å²) in [6.45, 7) is 2.66. The van der Waals surface area contributed by atoms with Crippen molar-refractivity contribution in [2.24, 2.45) is 34.0 Å². The highest BCUT2D eigenvalue weighted by molar-refractivity contribution is 5.98. The zero-order valence-electron chi connectivity index (χ0n) is 17.4. The van der Waals surface area contributed by atoms with Crippen LogP contribution in [-0.4, -0.2) is 60.7 Å². The fraction of sp³-hybridized carbons (Fsp3) is 0.737. The Bertz CT molecular complexity index is 692. The first-order chi connectivity index (χ1) is 14.2. The van der Waals surface area contributed by atoms with Gasteiger partial charge in [-0.2, -0.15) is 0 Å². The number of ketones is 1. The maximum absolute atomic E-state index is 13.2. The van der Waals surface area contributed by atoms with Crippen LogP contribution in [0.25, 0.3) is 0 Å². The predicted octanol–water partition coefficient (Wildman–Crippen LogP) is -2.14. The third-order valence-corrected chi connectivity index (χ3v) is 5.70. The number of hydrogen-bond acceptors (Lipinski definition) is 6. The van der Waals surface area contributed by atoms with Crippen molar-refractivity contribution in [2.45, 2.75) is 63.6 Å². The number of primary amides is 1. The Morgan fingerprint density at radius 2 is 1.73 bits per heavy atom. The molecule has 0 aromatic rings. The van der Waals surface area contributed by atoms with Gasteiger partial charge in [0.15, 0.2) is 11.7 Å². The normalized spacial score (nSPS) is 28.9. The van der Waals surface area contributed by atoms with Crippen LogP contribution >= 0.6 is 0 Å². The highest BCUT2D eigenvalue weighted by atomic mass is 16.2. The third-order valence-electron chi connectivity index (χ3n) is 5.70. The first-order valence-corrected chi connectivity index (χ1v) is 10.5. The van der Waals surface area contributed by atoms with Gasteiger partial charge in [-0.15, -0.1) is 0 Å². The van der Waals surface area contributed by atoms with E-state index in [2.05, 4.69) is 20.9 Å². The molecule has 0 aliphatic carbocycles. The summed E-state index contributed by atoms with van der Waals surface area (Å²) in [7, 11) is 0. The quantitative estimate of drug-likeness (QED) is 0.131. The number of amides is 3. The number of nitrogens with one attached hydrogen (secondary N) is 3. The highest BCUT2D eigenvalue weighted by Crippen LogP contribution is 2.29. The Balaban J connectivity index is 2.08. The van der Waals surface area contributed by atoms with Crippen LogP contribution in [0.4, 0.5) is 0 Å². The number of piperidine rings is 1. The zero-order valence-corrected chi connectivity index (χ0v) is 17.4. The number of carbonyl (C=O) groups is 4. The molecule has 2 aliphatic heterocycles. The van der Waals surface area contributed by atoms with Gasteiger partial charge in [0.1, 0.15) is 12.1 Å². The van der Waals surface area contributed by atoms with Gasteiger partial charge in [-0.25, -0.2) is 0 Å². The van der Waals surface area contributed by atoms with E-state index in [4.69, 9.17) is 17.2 Å². The number of carbonyl (C=O) groups excluding carboxylic acids is 4. The molecule has 0 spiro atoms. The monoisotopic (exact) mass is 423 g/mol. The summed E-state index contributed by atoms with van der Waals surface area (Å²) in [5, 5.41) is 8.50. The third kappa shape index (κ3) is 6.15. The molecule has 168 valence electrons. The number of Topliss-reactive ketones (excluding diaryl/α,β-unsaturated/α-hetero) is 1. The fourth-order valence-electron chi connectivity index (χ4n) is 4.04. The minimum atomic E-state index is -0.912. The van der Waals surface area contributed by atoms with Gasteiger partial charge in [0.2, 0.25) is 17.7 Å². The van der Waals surface area contributed by atoms with E-state index in [0.29, 0.717) is 32.4 Å². The molecule has 0 radical (unpaired) electrons. The van der Waals surface area contributed by atoms with E-state index in [1.165, 1.54) is 0 Å². The summed E-state index contributed by atoms with van der Waals surface area (Å²) in [6, 6.07) is -1.98. The first-order valence-electron chi connectivity index (χ1n) is 10.5. The van der Waals surface area contributed by atoms with Gasteiger partial charge < -0.3 is 33.2 Å². The molecule has 1 unspecified atom stereocenters. The Morgan fingerprint density at radius 3 is 2.33 bits per heavy atom. The van der Waals surface area contributed by atoms with Gasteiger partial charge in [0, 0.05) is 24.9 Å². The number of nitrogens with two attached hydrogens (primary N) is 3. The molecule has 0 bridgehead atoms. The van der Waals surface area contributed by atoms with Crippen molar-refractivity contribution in [1.82, 2.24) is 16.0 Å². The van der Waals surface area contributed by atoms with Crippen LogP contribution in [-0.2, 0) is 19.2 Å². The standard InChI is InChI=1S/C19H33N7O4/c1-2-3-6-12-18(30)26-14(9-24-12)15(27)11-8-13(16(20)28)25-17(29)10(11)5-4-7-23-19(21)22/h10-14,24H,2-9H2,1H3,(H2,20,28)(H,25,29)(H,26,30)(H4,21,22,23)/t10-,11?,12-,13-,14-/m1/s1. The maximum atomic E-state index is 13.2. The van der Waals surface area contributed by atoms with Gasteiger partial charge in [-0.05, 0) is 25.7 Å². The van der Waals surface area contributed by atoms with Crippen molar-refractivity contribution in [3.63, 3.8) is 0 Å². The van der Waals surface area contributed by atoms with Crippen molar-refractivity contribution >= 4 is 29.5 Å². The van der Waals surface area contributed by atoms with E-state index in [0.717, 1.165) is 12.8 Å². The van der Waals surface area contributed by atoms with Crippen LogP contribution in [0.1, 0.15) is 45.4 Å². The molecule has 2 aliphatic rings. The Labute approximate surface area is 176 Å². The van der Waals surface area contributed by atoms with Gasteiger partial charge >= 0.3 is 0 Å². The minimum absolute atomic E-state index is 0.0434. The molecule has 0 aromatic heterocycles. The number of aliphatic imine (C=N–C) groups is 1. The van der Waals surface area contributed by atoms with Crippen molar-refractivity contribution < 1.29 is 19.2 Å². The second kappa shape index (κ2) is 10.9. The summed E-state index contributed by atoms with van der Waals surface area (Å²) in [6.07, 6.45) is 3.56. The lowest BCUT2D eigenvalue weighted by molar-refractivity contribution is -0.143. The molecule has 30 heavy (non-hydrogen) atoms. The van der Waals surface area contributed by atoms with E-state index in [-0.39, 0.29) is 30.1 Å². The average Bonchev–Trinajstić information content (AvgIpc) is 2.69. The fourth-order valence-corrected chi connectivity index (χ4v) is 4.04. The highest BCUT2D eigenvalue weighted by Gasteiger charge is 2.45. The topological polar surface area (TPSA) is 195 Å². The van der Waals surface area contributed by atoms with Crippen molar-refractivity contribution in [3.8, 4) is 0 Å². The lowest BCUT2D eigenvalue weighted by Crippen LogP contribution is -2.64. The Morgan fingerprint density at radius 1 is 1.03 bits per heavy atom. The number of rotatable bonds is 10. The molecule has 2 rings (SSSR count). The van der Waals surface area contributed by atoms with Crippen molar-refractivity contribution in [2.75, 3.05) is 13.1 Å². The van der Waals surface area contributed by atoms with Gasteiger partial charge in [0.05, 0.1) is 6.04 Å². The van der Waals surface area contributed by atoms with E-state index >= 15 is 0 Å². The zero-order chi connectivity index (χ0) is 22.3. The number of nitrogens with zero attached hydrogens (tertiary/aromatic N) is 1. The molecular weight excluding hydrogens is 390 g/mol. The van der Waals surface area contributed by atoms with Crippen LogP contribution in [0.15, 0.2) is 4.99 Å². The molecule has 11 nitrogen and oxygen atoms in total. The lowest BCUT2D eigenvalue weighted by atomic mass is 9.75. The molecule has 2 heterocycles. The van der Waals surface area contributed by atoms with Crippen LogP contribution < -0.4 is 33.2 Å². The summed E-state index contributed by atoms with van der Waals surface area (Å²) in [5.74, 6) is -2.98. The summed E-state index contributed by atoms with van der Waals surface area (Å²) in [4.78, 5) is 53.8. The van der Waals surface area contributed by atoms with Crippen LogP contribution in [0.5, 0.6) is 0 Å². The smallest absolute Gasteiger partial charge is 0.240 e. The predicted molar refractivity (Wildman–Crippen MR) is 111 cm³/mol. The number of unbranched alkanes of at least 4 members (excludes halogenated alkanes) is 1. The average molecular weight is 424 g/mol. The van der Waals surface area contributed by atoms with Crippen molar-refractivity contribution in [1.29, 1.82) is 0 Å². The summed E-state index contributed by atoms with van der Waals surface area (Å²) < 4.78 is 0. The van der Waals surface area contributed by atoms with E-state index < -0.39 is 35.7 Å².